The molecule has 0 heterocycles. The molecule has 1 rings (SSSR count). The second kappa shape index (κ2) is 4.35. The molecule has 0 radical (unpaired) electrons. The Balaban J connectivity index is 3.26. The molecule has 0 saturated carbocycles. The van der Waals surface area contributed by atoms with Gasteiger partial charge in [0.05, 0.1) is 5.69 Å². The molecule has 0 spiro atoms. The van der Waals surface area contributed by atoms with Gasteiger partial charge in [-0.1, -0.05) is 24.8 Å². The Bertz CT molecular complexity index is 308. The van der Waals surface area contributed by atoms with Crippen molar-refractivity contribution in [1.82, 2.24) is 0 Å². The highest BCUT2D eigenvalue weighted by atomic mass is 32.1. The fourth-order valence-electron chi connectivity index (χ4n) is 1.29. The SMILES string of the molecule is C=Cc1cccc(N(C)N)c1CS. The average molecular weight is 194 g/mol. The maximum Gasteiger partial charge on any atom is 0.0560 e. The van der Waals surface area contributed by atoms with E-state index in [1.54, 1.807) is 5.01 Å². The molecule has 0 aliphatic heterocycles. The van der Waals surface area contributed by atoms with E-state index in [-0.39, 0.29) is 0 Å². The van der Waals surface area contributed by atoms with Crippen molar-refractivity contribution in [3.8, 4) is 0 Å². The summed E-state index contributed by atoms with van der Waals surface area (Å²) in [6.45, 7) is 3.75. The van der Waals surface area contributed by atoms with E-state index in [0.29, 0.717) is 5.75 Å². The molecule has 0 atom stereocenters. The average Bonchev–Trinajstić information content (AvgIpc) is 2.16. The van der Waals surface area contributed by atoms with Crippen LogP contribution >= 0.6 is 12.6 Å². The summed E-state index contributed by atoms with van der Waals surface area (Å²) >= 11 is 4.27. The molecule has 0 fully saturated rings. The van der Waals surface area contributed by atoms with Gasteiger partial charge >= 0.3 is 0 Å². The predicted octanol–water partition coefficient (Wildman–Crippen LogP) is 2.07. The quantitative estimate of drug-likeness (QED) is 0.438. The van der Waals surface area contributed by atoms with Gasteiger partial charge in [-0.25, -0.2) is 5.84 Å². The number of nitrogens with two attached hydrogens (primary N) is 1. The van der Waals surface area contributed by atoms with Crippen molar-refractivity contribution in [2.24, 2.45) is 5.84 Å². The topological polar surface area (TPSA) is 29.3 Å². The number of anilines is 1. The lowest BCUT2D eigenvalue weighted by atomic mass is 10.1. The molecule has 13 heavy (non-hydrogen) atoms. The predicted molar refractivity (Wildman–Crippen MR) is 61.8 cm³/mol. The Hall–Kier alpha value is -0.930. The first-order valence-electron chi connectivity index (χ1n) is 4.04. The van der Waals surface area contributed by atoms with Crippen LogP contribution in [0.4, 0.5) is 5.69 Å². The van der Waals surface area contributed by atoms with Crippen LogP contribution < -0.4 is 10.9 Å². The molecule has 0 saturated heterocycles. The van der Waals surface area contributed by atoms with Crippen molar-refractivity contribution in [3.63, 3.8) is 0 Å². The number of hydrazine groups is 1. The second-order valence-electron chi connectivity index (χ2n) is 2.82. The van der Waals surface area contributed by atoms with Gasteiger partial charge < -0.3 is 5.01 Å². The molecule has 0 aromatic heterocycles. The van der Waals surface area contributed by atoms with Crippen molar-refractivity contribution < 1.29 is 0 Å². The number of hydrogen-bond donors (Lipinski definition) is 2. The highest BCUT2D eigenvalue weighted by molar-refractivity contribution is 7.79. The van der Waals surface area contributed by atoms with Crippen LogP contribution in [-0.2, 0) is 5.75 Å². The fraction of sp³-hybridized carbons (Fsp3) is 0.200. The van der Waals surface area contributed by atoms with Crippen LogP contribution in [0.15, 0.2) is 24.8 Å². The normalized spacial score (nSPS) is 9.77. The van der Waals surface area contributed by atoms with E-state index in [1.165, 1.54) is 0 Å². The molecule has 0 unspecified atom stereocenters. The number of thiol groups is 1. The van der Waals surface area contributed by atoms with Crippen LogP contribution in [0.3, 0.4) is 0 Å². The zero-order valence-electron chi connectivity index (χ0n) is 7.70. The summed E-state index contributed by atoms with van der Waals surface area (Å²) in [5.41, 5.74) is 3.20. The minimum Gasteiger partial charge on any atom is -0.314 e. The van der Waals surface area contributed by atoms with Gasteiger partial charge in [0.15, 0.2) is 0 Å². The van der Waals surface area contributed by atoms with Gasteiger partial charge in [-0.2, -0.15) is 12.6 Å². The Morgan fingerprint density at radius 3 is 2.77 bits per heavy atom. The first-order valence-corrected chi connectivity index (χ1v) is 4.67. The van der Waals surface area contributed by atoms with Crippen molar-refractivity contribution >= 4 is 24.4 Å². The minimum atomic E-state index is 0.666. The van der Waals surface area contributed by atoms with E-state index in [1.807, 2.05) is 31.3 Å². The van der Waals surface area contributed by atoms with E-state index in [2.05, 4.69) is 19.2 Å². The molecule has 2 nitrogen and oxygen atoms in total. The lowest BCUT2D eigenvalue weighted by Crippen LogP contribution is -2.26. The number of benzene rings is 1. The van der Waals surface area contributed by atoms with Crippen molar-refractivity contribution in [3.05, 3.63) is 35.9 Å². The van der Waals surface area contributed by atoms with Crippen molar-refractivity contribution in [1.29, 1.82) is 0 Å². The molecule has 0 amide bonds. The summed E-state index contributed by atoms with van der Waals surface area (Å²) in [5.74, 6) is 6.34. The monoisotopic (exact) mass is 194 g/mol. The summed E-state index contributed by atoms with van der Waals surface area (Å²) in [4.78, 5) is 0. The summed E-state index contributed by atoms with van der Waals surface area (Å²) in [6.07, 6.45) is 1.82. The summed E-state index contributed by atoms with van der Waals surface area (Å²) in [5, 5.41) is 1.60. The number of hydrogen-bond acceptors (Lipinski definition) is 3. The first kappa shape index (κ1) is 10.2. The first-order chi connectivity index (χ1) is 6.20. The highest BCUT2D eigenvalue weighted by Crippen LogP contribution is 2.23. The molecule has 1 aromatic rings. The van der Waals surface area contributed by atoms with Crippen LogP contribution in [0, 0.1) is 0 Å². The van der Waals surface area contributed by atoms with Gasteiger partial charge in [-0.15, -0.1) is 0 Å². The highest BCUT2D eigenvalue weighted by Gasteiger charge is 2.05. The van der Waals surface area contributed by atoms with Crippen molar-refractivity contribution in [2.75, 3.05) is 12.1 Å². The van der Waals surface area contributed by atoms with Crippen LogP contribution in [0.2, 0.25) is 0 Å². The third kappa shape index (κ3) is 2.05. The lowest BCUT2D eigenvalue weighted by Gasteiger charge is -2.17. The Kier molecular flexibility index (Phi) is 3.39. The molecule has 3 heteroatoms. The van der Waals surface area contributed by atoms with E-state index in [4.69, 9.17) is 5.84 Å². The van der Waals surface area contributed by atoms with Gasteiger partial charge in [0.25, 0.3) is 0 Å². The summed E-state index contributed by atoms with van der Waals surface area (Å²) < 4.78 is 0. The molecule has 0 aliphatic rings. The molecule has 70 valence electrons. The molecule has 0 aliphatic carbocycles. The molecular weight excluding hydrogens is 180 g/mol. The van der Waals surface area contributed by atoms with E-state index < -0.39 is 0 Å². The van der Waals surface area contributed by atoms with E-state index in [9.17, 15) is 0 Å². The minimum absolute atomic E-state index is 0.666. The lowest BCUT2D eigenvalue weighted by molar-refractivity contribution is 1.01. The fourth-order valence-corrected chi connectivity index (χ4v) is 1.63. The van der Waals surface area contributed by atoms with Gasteiger partial charge in [0, 0.05) is 12.8 Å². The maximum atomic E-state index is 5.68. The Morgan fingerprint density at radius 1 is 1.62 bits per heavy atom. The zero-order valence-corrected chi connectivity index (χ0v) is 8.59. The smallest absolute Gasteiger partial charge is 0.0560 e. The largest absolute Gasteiger partial charge is 0.314 e. The molecule has 0 bridgehead atoms. The van der Waals surface area contributed by atoms with Crippen LogP contribution in [0.1, 0.15) is 11.1 Å². The van der Waals surface area contributed by atoms with Gasteiger partial charge in [0.2, 0.25) is 0 Å². The third-order valence-electron chi connectivity index (χ3n) is 1.95. The zero-order chi connectivity index (χ0) is 9.84. The summed E-state index contributed by atoms with van der Waals surface area (Å²) in [6, 6.07) is 5.94. The van der Waals surface area contributed by atoms with Gasteiger partial charge in [0.1, 0.15) is 0 Å². The van der Waals surface area contributed by atoms with Crippen LogP contribution in [-0.4, -0.2) is 7.05 Å². The van der Waals surface area contributed by atoms with Crippen LogP contribution in [0.5, 0.6) is 0 Å². The third-order valence-corrected chi connectivity index (χ3v) is 2.26. The summed E-state index contributed by atoms with van der Waals surface area (Å²) in [7, 11) is 1.81. The molecular formula is C10H14N2S. The van der Waals surface area contributed by atoms with Gasteiger partial charge in [-0.3, -0.25) is 0 Å². The number of rotatable bonds is 3. The van der Waals surface area contributed by atoms with E-state index >= 15 is 0 Å². The Labute approximate surface area is 84.4 Å². The van der Waals surface area contributed by atoms with Crippen molar-refractivity contribution in [2.45, 2.75) is 5.75 Å². The molecule has 1 aromatic carbocycles. The molecule has 2 N–H and O–H groups in total. The number of nitrogens with zero attached hydrogens (tertiary/aromatic N) is 1. The Morgan fingerprint density at radius 2 is 2.31 bits per heavy atom. The standard InChI is InChI=1S/C10H14N2S/c1-3-8-5-4-6-10(12(2)11)9(8)7-13/h3-6,13H,1,7,11H2,2H3. The second-order valence-corrected chi connectivity index (χ2v) is 3.13. The van der Waals surface area contributed by atoms with E-state index in [0.717, 1.165) is 16.8 Å². The maximum absolute atomic E-state index is 5.68. The van der Waals surface area contributed by atoms with Gasteiger partial charge in [-0.05, 0) is 17.2 Å². The van der Waals surface area contributed by atoms with Crippen LogP contribution in [0.25, 0.3) is 6.08 Å².